The van der Waals surface area contributed by atoms with Gasteiger partial charge in [-0.1, -0.05) is 18.2 Å². The number of anilines is 1. The van der Waals surface area contributed by atoms with Gasteiger partial charge in [-0.25, -0.2) is 4.79 Å². The molecular formula is C18H18N2O5. The van der Waals surface area contributed by atoms with Gasteiger partial charge in [-0.3, -0.25) is 15.6 Å². The molecule has 2 aromatic rings. The second-order valence-corrected chi connectivity index (χ2v) is 4.91. The summed E-state index contributed by atoms with van der Waals surface area (Å²) in [4.78, 5) is 23.0. The number of hydrogen-bond donors (Lipinski definition) is 3. The van der Waals surface area contributed by atoms with E-state index < -0.39 is 11.9 Å². The van der Waals surface area contributed by atoms with E-state index in [4.69, 9.17) is 14.6 Å². The monoisotopic (exact) mass is 342 g/mol. The van der Waals surface area contributed by atoms with Crippen LogP contribution in [0.15, 0.2) is 48.5 Å². The average molecular weight is 342 g/mol. The first-order chi connectivity index (χ1) is 12.0. The maximum Gasteiger partial charge on any atom is 0.337 e. The zero-order valence-corrected chi connectivity index (χ0v) is 13.8. The van der Waals surface area contributed by atoms with Gasteiger partial charge in [0.2, 0.25) is 0 Å². The molecule has 2 aromatic carbocycles. The van der Waals surface area contributed by atoms with Gasteiger partial charge in [0.25, 0.3) is 5.91 Å². The van der Waals surface area contributed by atoms with Crippen molar-refractivity contribution in [3.8, 4) is 11.5 Å². The van der Waals surface area contributed by atoms with Crippen LogP contribution in [0.2, 0.25) is 0 Å². The lowest BCUT2D eigenvalue weighted by Gasteiger charge is -2.09. The van der Waals surface area contributed by atoms with E-state index in [-0.39, 0.29) is 5.56 Å². The molecule has 0 unspecified atom stereocenters. The van der Waals surface area contributed by atoms with E-state index in [1.807, 2.05) is 0 Å². The van der Waals surface area contributed by atoms with Crippen molar-refractivity contribution in [3.63, 3.8) is 0 Å². The number of carbonyl (C=O) groups excluding carboxylic acids is 1. The maximum absolute atomic E-state index is 11.9. The average Bonchev–Trinajstić information content (AvgIpc) is 2.64. The number of carboxylic acids is 1. The summed E-state index contributed by atoms with van der Waals surface area (Å²) in [7, 11) is 3.07. The van der Waals surface area contributed by atoms with E-state index in [0.717, 1.165) is 5.56 Å². The summed E-state index contributed by atoms with van der Waals surface area (Å²) >= 11 is 0. The Bertz CT molecular complexity index is 802. The molecule has 130 valence electrons. The zero-order valence-electron chi connectivity index (χ0n) is 13.8. The summed E-state index contributed by atoms with van der Waals surface area (Å²) in [5, 5.41) is 9.09. The fourth-order valence-corrected chi connectivity index (χ4v) is 2.08. The Kier molecular flexibility index (Phi) is 6.00. The van der Waals surface area contributed by atoms with E-state index in [1.54, 1.807) is 49.6 Å². The Morgan fingerprint density at radius 2 is 1.76 bits per heavy atom. The van der Waals surface area contributed by atoms with Crippen LogP contribution < -0.4 is 20.3 Å². The van der Waals surface area contributed by atoms with E-state index in [1.165, 1.54) is 19.3 Å². The largest absolute Gasteiger partial charge is 0.493 e. The Morgan fingerprint density at radius 3 is 2.44 bits per heavy atom. The SMILES string of the molecule is COc1ccc(C=CC(=O)NNc2ccccc2C(=O)O)cc1OC. The molecule has 7 nitrogen and oxygen atoms in total. The van der Waals surface area contributed by atoms with Crippen molar-refractivity contribution in [3.05, 3.63) is 59.7 Å². The summed E-state index contributed by atoms with van der Waals surface area (Å²) in [5.41, 5.74) is 6.12. The third kappa shape index (κ3) is 4.74. The number of nitrogens with one attached hydrogen (secondary N) is 2. The topological polar surface area (TPSA) is 96.9 Å². The van der Waals surface area contributed by atoms with Crippen LogP contribution in [0.4, 0.5) is 5.69 Å². The predicted octanol–water partition coefficient (Wildman–Crippen LogP) is 2.56. The molecule has 0 aliphatic rings. The van der Waals surface area contributed by atoms with Crippen molar-refractivity contribution in [2.24, 2.45) is 0 Å². The normalized spacial score (nSPS) is 10.3. The molecule has 0 aromatic heterocycles. The van der Waals surface area contributed by atoms with Gasteiger partial charge in [-0.05, 0) is 35.9 Å². The van der Waals surface area contributed by atoms with Gasteiger partial charge < -0.3 is 14.6 Å². The number of carboxylic acid groups (broad SMARTS) is 1. The highest BCUT2D eigenvalue weighted by atomic mass is 16.5. The molecule has 0 atom stereocenters. The second kappa shape index (κ2) is 8.39. The lowest BCUT2D eigenvalue weighted by Crippen LogP contribution is -2.28. The van der Waals surface area contributed by atoms with Crippen LogP contribution in [0.1, 0.15) is 15.9 Å². The van der Waals surface area contributed by atoms with E-state index in [9.17, 15) is 9.59 Å². The minimum atomic E-state index is -1.08. The molecule has 25 heavy (non-hydrogen) atoms. The van der Waals surface area contributed by atoms with Gasteiger partial charge >= 0.3 is 5.97 Å². The molecule has 0 aliphatic heterocycles. The number of rotatable bonds is 7. The number of hydrogen-bond acceptors (Lipinski definition) is 5. The quantitative estimate of drug-likeness (QED) is 0.528. The summed E-state index contributed by atoms with van der Waals surface area (Å²) in [6, 6.07) is 11.5. The van der Waals surface area contributed by atoms with Crippen LogP contribution in [-0.2, 0) is 4.79 Å². The van der Waals surface area contributed by atoms with Crippen LogP contribution in [0.25, 0.3) is 6.08 Å². The lowest BCUT2D eigenvalue weighted by atomic mass is 10.2. The van der Waals surface area contributed by atoms with Crippen molar-refractivity contribution in [1.29, 1.82) is 0 Å². The molecule has 0 saturated carbocycles. The van der Waals surface area contributed by atoms with Crippen LogP contribution in [0.3, 0.4) is 0 Å². The summed E-state index contributed by atoms with van der Waals surface area (Å²) < 4.78 is 10.3. The second-order valence-electron chi connectivity index (χ2n) is 4.91. The molecule has 7 heteroatoms. The fourth-order valence-electron chi connectivity index (χ4n) is 2.08. The van der Waals surface area contributed by atoms with E-state index in [0.29, 0.717) is 17.2 Å². The summed E-state index contributed by atoms with van der Waals surface area (Å²) in [6.45, 7) is 0. The highest BCUT2D eigenvalue weighted by Crippen LogP contribution is 2.27. The summed E-state index contributed by atoms with van der Waals surface area (Å²) in [6.07, 6.45) is 2.92. The van der Waals surface area contributed by atoms with Crippen molar-refractivity contribution < 1.29 is 24.2 Å². The van der Waals surface area contributed by atoms with Gasteiger partial charge in [0, 0.05) is 6.08 Å². The standard InChI is InChI=1S/C18H18N2O5/c1-24-15-9-7-12(11-16(15)25-2)8-10-17(21)20-19-14-6-4-3-5-13(14)18(22)23/h3-11,19H,1-2H3,(H,20,21)(H,22,23). The first kappa shape index (κ1) is 17.9. The number of ether oxygens (including phenoxy) is 2. The van der Waals surface area contributed by atoms with E-state index >= 15 is 0 Å². The number of benzene rings is 2. The molecule has 1 amide bonds. The van der Waals surface area contributed by atoms with Gasteiger partial charge in [0.1, 0.15) is 0 Å². The zero-order chi connectivity index (χ0) is 18.2. The number of carbonyl (C=O) groups is 2. The number of methoxy groups -OCH3 is 2. The minimum absolute atomic E-state index is 0.0617. The molecule has 0 bridgehead atoms. The van der Waals surface area contributed by atoms with Gasteiger partial charge in [0.15, 0.2) is 11.5 Å². The Morgan fingerprint density at radius 1 is 1.04 bits per heavy atom. The molecule has 0 saturated heterocycles. The lowest BCUT2D eigenvalue weighted by molar-refractivity contribution is -0.116. The highest BCUT2D eigenvalue weighted by molar-refractivity contribution is 5.96. The van der Waals surface area contributed by atoms with Crippen LogP contribution in [0, 0.1) is 0 Å². The Balaban J connectivity index is 2.01. The number of amides is 1. The summed E-state index contributed by atoms with van der Waals surface area (Å²) in [5.74, 6) is -0.372. The third-order valence-corrected chi connectivity index (χ3v) is 3.31. The van der Waals surface area contributed by atoms with Crippen molar-refractivity contribution >= 4 is 23.6 Å². The van der Waals surface area contributed by atoms with Gasteiger partial charge in [-0.2, -0.15) is 0 Å². The predicted molar refractivity (Wildman–Crippen MR) is 93.7 cm³/mol. The number of aromatic carboxylic acids is 1. The van der Waals surface area contributed by atoms with E-state index in [2.05, 4.69) is 10.9 Å². The number of para-hydroxylation sites is 1. The molecule has 2 rings (SSSR count). The van der Waals surface area contributed by atoms with Crippen molar-refractivity contribution in [1.82, 2.24) is 5.43 Å². The van der Waals surface area contributed by atoms with Crippen molar-refractivity contribution in [2.45, 2.75) is 0 Å². The third-order valence-electron chi connectivity index (χ3n) is 3.31. The number of hydrazine groups is 1. The van der Waals surface area contributed by atoms with Crippen LogP contribution in [-0.4, -0.2) is 31.2 Å². The van der Waals surface area contributed by atoms with Gasteiger partial charge in [-0.15, -0.1) is 0 Å². The van der Waals surface area contributed by atoms with Crippen molar-refractivity contribution in [2.75, 3.05) is 19.6 Å². The molecule has 3 N–H and O–H groups in total. The Hall–Kier alpha value is -3.48. The minimum Gasteiger partial charge on any atom is -0.493 e. The fraction of sp³-hybridized carbons (Fsp3) is 0.111. The van der Waals surface area contributed by atoms with Gasteiger partial charge in [0.05, 0.1) is 25.5 Å². The molecule has 0 spiro atoms. The highest BCUT2D eigenvalue weighted by Gasteiger charge is 2.09. The van der Waals surface area contributed by atoms with Crippen LogP contribution in [0.5, 0.6) is 11.5 Å². The smallest absolute Gasteiger partial charge is 0.337 e. The molecular weight excluding hydrogens is 324 g/mol. The first-order valence-corrected chi connectivity index (χ1v) is 7.33. The first-order valence-electron chi connectivity index (χ1n) is 7.33. The molecule has 0 radical (unpaired) electrons. The van der Waals surface area contributed by atoms with Crippen LogP contribution >= 0.6 is 0 Å². The maximum atomic E-state index is 11.9. The molecule has 0 fully saturated rings. The Labute approximate surface area is 144 Å². The molecule has 0 aliphatic carbocycles. The molecule has 0 heterocycles.